The summed E-state index contributed by atoms with van der Waals surface area (Å²) in [6, 6.07) is 13.0. The maximum atomic E-state index is 14.8. The highest BCUT2D eigenvalue weighted by Gasteiger charge is 2.26. The van der Waals surface area contributed by atoms with Crippen molar-refractivity contribution in [2.45, 2.75) is 45.6 Å². The predicted octanol–water partition coefficient (Wildman–Crippen LogP) is 5.99. The summed E-state index contributed by atoms with van der Waals surface area (Å²) in [5.41, 5.74) is 3.89. The molecule has 2 aromatic heterocycles. The van der Waals surface area contributed by atoms with Gasteiger partial charge in [0, 0.05) is 23.2 Å². The van der Waals surface area contributed by atoms with Crippen LogP contribution in [0.1, 0.15) is 59.7 Å². The van der Waals surface area contributed by atoms with Crippen LogP contribution < -0.4 is 15.4 Å². The van der Waals surface area contributed by atoms with E-state index in [1.165, 1.54) is 31.2 Å². The van der Waals surface area contributed by atoms with Gasteiger partial charge in [0.15, 0.2) is 5.82 Å². The number of ether oxygens (including phenoxy) is 2. The number of nitrogens with one attached hydrogen (secondary N) is 2. The number of rotatable bonds is 6. The van der Waals surface area contributed by atoms with Crippen LogP contribution in [0, 0.1) is 18.7 Å². The molecule has 2 amide bonds. The summed E-state index contributed by atoms with van der Waals surface area (Å²) in [7, 11) is 2.83. The molecule has 1 aliphatic rings. The standard InChI is InChI=1S/C33H33ClFN5O5/c1-18-7-5-9-24(38-33(43)31-19(2)40(17-36-31)27-10-6-8-23(34)30(27)35)26-15-21(16-28(37-26)44-3)22-12-11-20(14-29(41)45-4)13-25(22)39-32(18)42/h6,8,10-13,15-18,24H,5,7,9,14H2,1-4H3,(H,38,43)(H,39,42)/t18-,24-/m0/s1. The number of methoxy groups -OCH3 is 2. The van der Waals surface area contributed by atoms with Crippen molar-refractivity contribution in [1.82, 2.24) is 19.9 Å². The molecule has 2 aromatic carbocycles. The van der Waals surface area contributed by atoms with Gasteiger partial charge >= 0.3 is 5.97 Å². The van der Waals surface area contributed by atoms with E-state index in [9.17, 15) is 18.8 Å². The van der Waals surface area contributed by atoms with Crippen molar-refractivity contribution in [3.05, 3.63) is 88.3 Å². The van der Waals surface area contributed by atoms with Crippen molar-refractivity contribution in [3.63, 3.8) is 0 Å². The molecule has 1 aliphatic heterocycles. The van der Waals surface area contributed by atoms with Crippen LogP contribution in [0.15, 0.2) is 54.9 Å². The minimum absolute atomic E-state index is 0.0381. The molecule has 4 aromatic rings. The lowest BCUT2D eigenvalue weighted by Crippen LogP contribution is -2.30. The largest absolute Gasteiger partial charge is 0.481 e. The molecular weight excluding hydrogens is 601 g/mol. The topological polar surface area (TPSA) is 124 Å². The number of carbonyl (C=O) groups is 3. The first-order chi connectivity index (χ1) is 21.6. The van der Waals surface area contributed by atoms with Gasteiger partial charge in [0.2, 0.25) is 11.8 Å². The van der Waals surface area contributed by atoms with E-state index in [1.807, 2.05) is 19.1 Å². The van der Waals surface area contributed by atoms with E-state index in [0.717, 1.165) is 0 Å². The summed E-state index contributed by atoms with van der Waals surface area (Å²) in [4.78, 5) is 47.8. The smallest absolute Gasteiger partial charge is 0.309 e. The highest BCUT2D eigenvalue weighted by Crippen LogP contribution is 2.35. The number of benzene rings is 2. The van der Waals surface area contributed by atoms with E-state index >= 15 is 0 Å². The lowest BCUT2D eigenvalue weighted by Gasteiger charge is -2.23. The Morgan fingerprint density at radius 2 is 1.96 bits per heavy atom. The average Bonchev–Trinajstić information content (AvgIpc) is 3.41. The fraction of sp³-hybridized carbons (Fsp3) is 0.303. The molecule has 2 N–H and O–H groups in total. The normalized spacial score (nSPS) is 16.4. The third kappa shape index (κ3) is 6.83. The molecular formula is C33H33ClFN5O5. The van der Waals surface area contributed by atoms with Crippen LogP contribution in [0.2, 0.25) is 5.02 Å². The second-order valence-electron chi connectivity index (χ2n) is 10.9. The van der Waals surface area contributed by atoms with E-state index in [-0.39, 0.29) is 34.6 Å². The zero-order chi connectivity index (χ0) is 32.2. The number of nitrogens with zero attached hydrogens (tertiary/aromatic N) is 3. The Balaban J connectivity index is 1.53. The Bertz CT molecular complexity index is 1770. The zero-order valence-electron chi connectivity index (χ0n) is 25.3. The maximum absolute atomic E-state index is 14.8. The molecule has 0 radical (unpaired) electrons. The molecule has 5 rings (SSSR count). The van der Waals surface area contributed by atoms with E-state index in [4.69, 9.17) is 21.1 Å². The van der Waals surface area contributed by atoms with Crippen molar-refractivity contribution >= 4 is 35.1 Å². The Hall–Kier alpha value is -4.77. The number of amides is 2. The lowest BCUT2D eigenvalue weighted by atomic mass is 9.94. The van der Waals surface area contributed by atoms with Crippen molar-refractivity contribution < 1.29 is 28.2 Å². The van der Waals surface area contributed by atoms with Crippen LogP contribution in [0.5, 0.6) is 5.88 Å². The molecule has 12 heteroatoms. The summed E-state index contributed by atoms with van der Waals surface area (Å²) < 4.78 is 26.6. The minimum atomic E-state index is -0.616. The van der Waals surface area contributed by atoms with Gasteiger partial charge in [0.05, 0.1) is 48.8 Å². The van der Waals surface area contributed by atoms with Crippen LogP contribution in [0.3, 0.4) is 0 Å². The number of pyridine rings is 1. The van der Waals surface area contributed by atoms with Crippen LogP contribution >= 0.6 is 11.6 Å². The van der Waals surface area contributed by atoms with Gasteiger partial charge in [-0.15, -0.1) is 0 Å². The van der Waals surface area contributed by atoms with Crippen molar-refractivity contribution in [3.8, 4) is 22.7 Å². The van der Waals surface area contributed by atoms with Crippen LogP contribution in [0.25, 0.3) is 16.8 Å². The van der Waals surface area contributed by atoms with Crippen LogP contribution in [0.4, 0.5) is 10.1 Å². The lowest BCUT2D eigenvalue weighted by molar-refractivity contribution is -0.139. The first kappa shape index (κ1) is 31.6. The zero-order valence-corrected chi connectivity index (χ0v) is 26.1. The number of imidazole rings is 1. The van der Waals surface area contributed by atoms with E-state index in [1.54, 1.807) is 37.3 Å². The molecule has 3 heterocycles. The molecule has 2 bridgehead atoms. The van der Waals surface area contributed by atoms with Crippen LogP contribution in [-0.2, 0) is 20.7 Å². The third-order valence-corrected chi connectivity index (χ3v) is 8.20. The molecule has 0 spiro atoms. The van der Waals surface area contributed by atoms with Gasteiger partial charge in [0.25, 0.3) is 5.91 Å². The van der Waals surface area contributed by atoms with Gasteiger partial charge in [-0.05, 0) is 55.2 Å². The monoisotopic (exact) mass is 633 g/mol. The van der Waals surface area contributed by atoms with Gasteiger partial charge in [0.1, 0.15) is 12.0 Å². The van der Waals surface area contributed by atoms with Crippen molar-refractivity contribution in [1.29, 1.82) is 0 Å². The molecule has 0 saturated heterocycles. The van der Waals surface area contributed by atoms with Gasteiger partial charge < -0.3 is 20.1 Å². The first-order valence-corrected chi connectivity index (χ1v) is 14.8. The van der Waals surface area contributed by atoms with Gasteiger partial charge in [-0.2, -0.15) is 0 Å². The second kappa shape index (κ2) is 13.5. The third-order valence-electron chi connectivity index (χ3n) is 7.91. The van der Waals surface area contributed by atoms with Gasteiger partial charge in [-0.3, -0.25) is 19.0 Å². The highest BCUT2D eigenvalue weighted by atomic mass is 35.5. The predicted molar refractivity (Wildman–Crippen MR) is 167 cm³/mol. The molecule has 234 valence electrons. The molecule has 0 fully saturated rings. The Kier molecular flexibility index (Phi) is 9.48. The fourth-order valence-corrected chi connectivity index (χ4v) is 5.52. The Morgan fingerprint density at radius 1 is 1.16 bits per heavy atom. The second-order valence-corrected chi connectivity index (χ2v) is 11.3. The summed E-state index contributed by atoms with van der Waals surface area (Å²) >= 11 is 5.98. The van der Waals surface area contributed by atoms with E-state index in [2.05, 4.69) is 20.6 Å². The van der Waals surface area contributed by atoms with Crippen molar-refractivity contribution in [2.24, 2.45) is 5.92 Å². The summed E-state index contributed by atoms with van der Waals surface area (Å²) in [5, 5.41) is 6.06. The number of hydrogen-bond donors (Lipinski definition) is 2. The van der Waals surface area contributed by atoms with Crippen molar-refractivity contribution in [2.75, 3.05) is 19.5 Å². The van der Waals surface area contributed by atoms with Crippen LogP contribution in [-0.4, -0.2) is 46.5 Å². The number of fused-ring (bicyclic) bond motifs is 4. The molecule has 45 heavy (non-hydrogen) atoms. The Morgan fingerprint density at radius 3 is 2.71 bits per heavy atom. The molecule has 0 unspecified atom stereocenters. The number of aromatic nitrogens is 3. The first-order valence-electron chi connectivity index (χ1n) is 14.5. The molecule has 0 aliphatic carbocycles. The van der Waals surface area contributed by atoms with Gasteiger partial charge in [-0.1, -0.05) is 43.1 Å². The SMILES string of the molecule is COC(=O)Cc1ccc2c(c1)NC(=O)[C@@H](C)CCC[C@H](NC(=O)c1ncn(-c3cccc(Cl)c3F)c1C)c1cc-2cc(OC)n1. The summed E-state index contributed by atoms with van der Waals surface area (Å²) in [6.07, 6.45) is 3.07. The van der Waals surface area contributed by atoms with Gasteiger partial charge in [-0.25, -0.2) is 14.4 Å². The highest BCUT2D eigenvalue weighted by molar-refractivity contribution is 6.30. The number of carbonyl (C=O) groups excluding carboxylic acids is 3. The maximum Gasteiger partial charge on any atom is 0.309 e. The molecule has 2 atom stereocenters. The number of hydrogen-bond acceptors (Lipinski definition) is 7. The molecule has 10 nitrogen and oxygen atoms in total. The molecule has 0 saturated carbocycles. The van der Waals surface area contributed by atoms with E-state index in [0.29, 0.717) is 58.9 Å². The fourth-order valence-electron chi connectivity index (χ4n) is 5.35. The Labute approximate surface area is 264 Å². The number of halogens is 2. The number of anilines is 1. The average molecular weight is 634 g/mol. The minimum Gasteiger partial charge on any atom is -0.481 e. The summed E-state index contributed by atoms with van der Waals surface area (Å²) in [5.74, 6) is -1.65. The number of esters is 1. The van der Waals surface area contributed by atoms with E-state index < -0.39 is 23.7 Å². The summed E-state index contributed by atoms with van der Waals surface area (Å²) in [6.45, 7) is 3.52. The quantitative estimate of drug-likeness (QED) is 0.250.